The zero-order chi connectivity index (χ0) is 14.3. The number of halogens is 1. The molecular formula is C15H21FO3. The highest BCUT2D eigenvalue weighted by Crippen LogP contribution is 2.17. The van der Waals surface area contributed by atoms with Gasteiger partial charge in [0.05, 0.1) is 11.7 Å². The van der Waals surface area contributed by atoms with Gasteiger partial charge in [-0.15, -0.1) is 0 Å². The lowest BCUT2D eigenvalue weighted by molar-refractivity contribution is 0.0319. The summed E-state index contributed by atoms with van der Waals surface area (Å²) < 4.78 is 18.3. The summed E-state index contributed by atoms with van der Waals surface area (Å²) in [6.45, 7) is 3.98. The maximum absolute atomic E-state index is 13.1. The number of benzene rings is 1. The van der Waals surface area contributed by atoms with Gasteiger partial charge in [0.25, 0.3) is 0 Å². The molecule has 1 N–H and O–H groups in total. The molecule has 0 aliphatic heterocycles. The third-order valence-corrected chi connectivity index (χ3v) is 2.96. The molecule has 0 fully saturated rings. The van der Waals surface area contributed by atoms with E-state index in [0.717, 1.165) is 31.4 Å². The van der Waals surface area contributed by atoms with Crippen LogP contribution in [0, 0.1) is 5.82 Å². The van der Waals surface area contributed by atoms with Crippen molar-refractivity contribution in [1.29, 1.82) is 0 Å². The van der Waals surface area contributed by atoms with Crippen molar-refractivity contribution in [2.24, 2.45) is 0 Å². The van der Waals surface area contributed by atoms with Crippen molar-refractivity contribution in [2.45, 2.75) is 52.1 Å². The van der Waals surface area contributed by atoms with Gasteiger partial charge in [-0.3, -0.25) is 0 Å². The number of rotatable bonds is 7. The van der Waals surface area contributed by atoms with E-state index >= 15 is 0 Å². The number of ether oxygens (including phenoxy) is 1. The molecule has 1 rings (SSSR count). The van der Waals surface area contributed by atoms with Crippen LogP contribution in [0.4, 0.5) is 4.39 Å². The average Bonchev–Trinajstić information content (AvgIpc) is 2.38. The summed E-state index contributed by atoms with van der Waals surface area (Å²) >= 11 is 0. The van der Waals surface area contributed by atoms with Crippen molar-refractivity contribution in [3.05, 3.63) is 29.6 Å². The number of hydrogen-bond acceptors (Lipinski definition) is 3. The van der Waals surface area contributed by atoms with E-state index in [1.54, 1.807) is 0 Å². The van der Waals surface area contributed by atoms with Gasteiger partial charge in [-0.2, -0.15) is 0 Å². The lowest BCUT2D eigenvalue weighted by atomic mass is 10.1. The number of carbonyl (C=O) groups is 1. The van der Waals surface area contributed by atoms with E-state index in [4.69, 9.17) is 9.84 Å². The van der Waals surface area contributed by atoms with E-state index in [0.29, 0.717) is 0 Å². The van der Waals surface area contributed by atoms with Crippen molar-refractivity contribution in [3.63, 3.8) is 0 Å². The van der Waals surface area contributed by atoms with Crippen LogP contribution in [0.2, 0.25) is 0 Å². The molecule has 1 aromatic rings. The second-order valence-corrected chi connectivity index (χ2v) is 4.73. The SMILES string of the molecule is CCCCCCC(C)OC(=O)c1ccc(O)c(F)c1. The van der Waals surface area contributed by atoms with Crippen molar-refractivity contribution >= 4 is 5.97 Å². The summed E-state index contributed by atoms with van der Waals surface area (Å²) in [7, 11) is 0. The van der Waals surface area contributed by atoms with Crippen LogP contribution < -0.4 is 0 Å². The molecule has 0 amide bonds. The fourth-order valence-corrected chi connectivity index (χ4v) is 1.80. The fraction of sp³-hybridized carbons (Fsp3) is 0.533. The highest BCUT2D eigenvalue weighted by Gasteiger charge is 2.13. The monoisotopic (exact) mass is 268 g/mol. The van der Waals surface area contributed by atoms with Crippen LogP contribution in [0.3, 0.4) is 0 Å². The number of hydrogen-bond donors (Lipinski definition) is 1. The van der Waals surface area contributed by atoms with E-state index in [9.17, 15) is 9.18 Å². The smallest absolute Gasteiger partial charge is 0.338 e. The zero-order valence-corrected chi connectivity index (χ0v) is 11.5. The number of phenols is 1. The van der Waals surface area contributed by atoms with Crippen LogP contribution in [0.5, 0.6) is 5.75 Å². The van der Waals surface area contributed by atoms with Gasteiger partial charge in [0.15, 0.2) is 11.6 Å². The van der Waals surface area contributed by atoms with Crippen molar-refractivity contribution in [2.75, 3.05) is 0 Å². The molecule has 4 heteroatoms. The third kappa shape index (κ3) is 5.28. The summed E-state index contributed by atoms with van der Waals surface area (Å²) in [6.07, 6.45) is 5.14. The van der Waals surface area contributed by atoms with Gasteiger partial charge in [0.2, 0.25) is 0 Å². The maximum atomic E-state index is 13.1. The summed E-state index contributed by atoms with van der Waals surface area (Å²) in [6, 6.07) is 3.49. The minimum atomic E-state index is -0.815. The minimum absolute atomic E-state index is 0.121. The number of esters is 1. The van der Waals surface area contributed by atoms with Crippen molar-refractivity contribution in [3.8, 4) is 5.75 Å². The molecular weight excluding hydrogens is 247 g/mol. The normalized spacial score (nSPS) is 12.2. The number of phenolic OH excluding ortho intramolecular Hbond substituents is 1. The van der Waals surface area contributed by atoms with Crippen molar-refractivity contribution < 1.29 is 19.0 Å². The summed E-state index contributed by atoms with van der Waals surface area (Å²) in [5.74, 6) is -1.84. The number of carbonyl (C=O) groups excluding carboxylic acids is 1. The molecule has 3 nitrogen and oxygen atoms in total. The topological polar surface area (TPSA) is 46.5 Å². The minimum Gasteiger partial charge on any atom is -0.505 e. The molecule has 0 spiro atoms. The first-order chi connectivity index (χ1) is 9.04. The van der Waals surface area contributed by atoms with Crippen LogP contribution in [-0.4, -0.2) is 17.2 Å². The van der Waals surface area contributed by atoms with Gasteiger partial charge in [0.1, 0.15) is 0 Å². The van der Waals surface area contributed by atoms with E-state index < -0.39 is 17.5 Å². The second kappa shape index (κ2) is 7.77. The molecule has 0 saturated carbocycles. The van der Waals surface area contributed by atoms with Gasteiger partial charge in [-0.05, 0) is 38.0 Å². The predicted molar refractivity (Wildman–Crippen MR) is 71.7 cm³/mol. The Kier molecular flexibility index (Phi) is 6.33. The van der Waals surface area contributed by atoms with E-state index in [2.05, 4.69) is 6.92 Å². The predicted octanol–water partition coefficient (Wildman–Crippen LogP) is 4.05. The maximum Gasteiger partial charge on any atom is 0.338 e. The molecule has 0 aliphatic rings. The first-order valence-corrected chi connectivity index (χ1v) is 6.74. The molecule has 19 heavy (non-hydrogen) atoms. The number of aromatic hydroxyl groups is 1. The molecule has 0 radical (unpaired) electrons. The van der Waals surface area contributed by atoms with Gasteiger partial charge >= 0.3 is 5.97 Å². The van der Waals surface area contributed by atoms with Crippen LogP contribution in [0.1, 0.15) is 56.3 Å². The first-order valence-electron chi connectivity index (χ1n) is 6.74. The Morgan fingerprint density at radius 1 is 1.37 bits per heavy atom. The molecule has 1 aromatic carbocycles. The van der Waals surface area contributed by atoms with Crippen molar-refractivity contribution in [1.82, 2.24) is 0 Å². The highest BCUT2D eigenvalue weighted by atomic mass is 19.1. The van der Waals surface area contributed by atoms with Gasteiger partial charge in [-0.1, -0.05) is 26.2 Å². The molecule has 0 aromatic heterocycles. The molecule has 1 unspecified atom stereocenters. The van der Waals surface area contributed by atoms with Crippen LogP contribution in [-0.2, 0) is 4.74 Å². The van der Waals surface area contributed by atoms with Crippen LogP contribution >= 0.6 is 0 Å². The Bertz CT molecular complexity index is 418. The molecule has 106 valence electrons. The lowest BCUT2D eigenvalue weighted by Gasteiger charge is -2.13. The van der Waals surface area contributed by atoms with E-state index in [-0.39, 0.29) is 11.7 Å². The highest BCUT2D eigenvalue weighted by molar-refractivity contribution is 5.89. The van der Waals surface area contributed by atoms with Gasteiger partial charge in [0, 0.05) is 0 Å². The Balaban J connectivity index is 2.43. The molecule has 0 heterocycles. The summed E-state index contributed by atoms with van der Waals surface area (Å²) in [4.78, 5) is 11.7. The second-order valence-electron chi connectivity index (χ2n) is 4.73. The number of unbranched alkanes of at least 4 members (excludes halogenated alkanes) is 3. The summed E-state index contributed by atoms with van der Waals surface area (Å²) in [5.41, 5.74) is 0.121. The summed E-state index contributed by atoms with van der Waals surface area (Å²) in [5, 5.41) is 9.05. The van der Waals surface area contributed by atoms with Crippen LogP contribution in [0.15, 0.2) is 18.2 Å². The zero-order valence-electron chi connectivity index (χ0n) is 11.5. The lowest BCUT2D eigenvalue weighted by Crippen LogP contribution is -2.15. The largest absolute Gasteiger partial charge is 0.505 e. The van der Waals surface area contributed by atoms with E-state index in [1.165, 1.54) is 18.9 Å². The first kappa shape index (κ1) is 15.5. The molecule has 0 bridgehead atoms. The third-order valence-electron chi connectivity index (χ3n) is 2.96. The van der Waals surface area contributed by atoms with Crippen LogP contribution in [0.25, 0.3) is 0 Å². The van der Waals surface area contributed by atoms with E-state index in [1.807, 2.05) is 6.92 Å². The molecule has 1 atom stereocenters. The molecule has 0 aliphatic carbocycles. The fourth-order valence-electron chi connectivity index (χ4n) is 1.80. The standard InChI is InChI=1S/C15H21FO3/c1-3-4-5-6-7-11(2)19-15(18)12-8-9-14(17)13(16)10-12/h8-11,17H,3-7H2,1-2H3. The van der Waals surface area contributed by atoms with Gasteiger partial charge < -0.3 is 9.84 Å². The van der Waals surface area contributed by atoms with Gasteiger partial charge in [-0.25, -0.2) is 9.18 Å². The Morgan fingerprint density at radius 2 is 2.11 bits per heavy atom. The quantitative estimate of drug-likeness (QED) is 0.599. The average molecular weight is 268 g/mol. The molecule has 0 saturated heterocycles. The Hall–Kier alpha value is -1.58. The Labute approximate surface area is 113 Å². The Morgan fingerprint density at radius 3 is 2.74 bits per heavy atom.